The normalized spacial score (nSPS) is 12.3. The summed E-state index contributed by atoms with van der Waals surface area (Å²) >= 11 is 1.71. The zero-order valence-electron chi connectivity index (χ0n) is 14.5. The quantitative estimate of drug-likeness (QED) is 0.338. The number of thiazole rings is 1. The van der Waals surface area contributed by atoms with Gasteiger partial charge in [0, 0.05) is 47.0 Å². The van der Waals surface area contributed by atoms with Gasteiger partial charge < -0.3 is 10.6 Å². The molecule has 0 bridgehead atoms. The molecule has 1 unspecified atom stereocenters. The molecule has 0 spiro atoms. The summed E-state index contributed by atoms with van der Waals surface area (Å²) in [6, 6.07) is 9.92. The average Bonchev–Trinajstić information content (AvgIpc) is 3.07. The predicted octanol–water partition coefficient (Wildman–Crippen LogP) is 2.94. The monoisotopic (exact) mass is 492 g/mol. The van der Waals surface area contributed by atoms with Gasteiger partial charge in [-0.15, -0.1) is 35.3 Å². The predicted molar refractivity (Wildman–Crippen MR) is 118 cm³/mol. The number of hydrogen-bond acceptors (Lipinski definition) is 4. The lowest BCUT2D eigenvalue weighted by Crippen LogP contribution is -2.38. The van der Waals surface area contributed by atoms with E-state index in [0.29, 0.717) is 30.6 Å². The Morgan fingerprint density at radius 3 is 2.68 bits per heavy atom. The zero-order chi connectivity index (χ0) is 17.2. The zero-order valence-corrected chi connectivity index (χ0v) is 18.5. The number of nitrogens with one attached hydrogen (secondary N) is 2. The van der Waals surface area contributed by atoms with Crippen molar-refractivity contribution in [3.05, 3.63) is 52.0 Å². The molecule has 0 fully saturated rings. The smallest absolute Gasteiger partial charge is 0.191 e. The van der Waals surface area contributed by atoms with Gasteiger partial charge in [-0.3, -0.25) is 9.20 Å². The summed E-state index contributed by atoms with van der Waals surface area (Å²) in [7, 11) is 0.849. The van der Waals surface area contributed by atoms with Crippen molar-refractivity contribution in [3.8, 4) is 0 Å². The van der Waals surface area contributed by atoms with Crippen LogP contribution in [0.1, 0.15) is 22.4 Å². The molecule has 2 aromatic rings. The van der Waals surface area contributed by atoms with Crippen LogP contribution in [0.4, 0.5) is 0 Å². The summed E-state index contributed by atoms with van der Waals surface area (Å²) in [6.07, 6.45) is 2.93. The molecule has 1 aromatic carbocycles. The molecule has 0 saturated carbocycles. The molecule has 8 heteroatoms. The second kappa shape index (κ2) is 12.4. The minimum Gasteiger partial charge on any atom is -0.355 e. The van der Waals surface area contributed by atoms with Crippen LogP contribution in [0.15, 0.2) is 41.5 Å². The van der Waals surface area contributed by atoms with Crippen LogP contribution in [0.5, 0.6) is 0 Å². The van der Waals surface area contributed by atoms with E-state index >= 15 is 0 Å². The molecule has 0 amide bonds. The van der Waals surface area contributed by atoms with Crippen LogP contribution < -0.4 is 10.6 Å². The lowest BCUT2D eigenvalue weighted by molar-refractivity contribution is 0.680. The van der Waals surface area contributed by atoms with Gasteiger partial charge in [-0.2, -0.15) is 0 Å². The minimum absolute atomic E-state index is 0. The second-order valence-corrected chi connectivity index (χ2v) is 7.98. The molecule has 138 valence electrons. The first kappa shape index (κ1) is 22.0. The number of rotatable bonds is 8. The minimum atomic E-state index is -0.883. The Labute approximate surface area is 173 Å². The molecule has 0 aliphatic heterocycles. The summed E-state index contributed by atoms with van der Waals surface area (Å²) in [6.45, 7) is 3.40. The first-order chi connectivity index (χ1) is 11.7. The highest BCUT2D eigenvalue weighted by molar-refractivity contribution is 14.0. The van der Waals surface area contributed by atoms with Gasteiger partial charge in [0.25, 0.3) is 0 Å². The SMILES string of the molecule is CCc1cnc(CNC(=NC)NCCS(=O)Cc2ccccc2)s1.I. The maximum absolute atomic E-state index is 12.1. The van der Waals surface area contributed by atoms with Gasteiger partial charge in [0.1, 0.15) is 5.01 Å². The van der Waals surface area contributed by atoms with Crippen molar-refractivity contribution in [2.24, 2.45) is 4.99 Å². The van der Waals surface area contributed by atoms with Crippen molar-refractivity contribution in [3.63, 3.8) is 0 Å². The molecular formula is C17H25IN4OS2. The van der Waals surface area contributed by atoms with Crippen molar-refractivity contribution in [2.45, 2.75) is 25.6 Å². The molecule has 2 rings (SSSR count). The molecule has 1 aromatic heterocycles. The van der Waals surface area contributed by atoms with Crippen LogP contribution in [0.2, 0.25) is 0 Å². The molecule has 25 heavy (non-hydrogen) atoms. The van der Waals surface area contributed by atoms with Crippen molar-refractivity contribution in [1.82, 2.24) is 15.6 Å². The third-order valence-corrected chi connectivity index (χ3v) is 5.83. The molecular weight excluding hydrogens is 467 g/mol. The Morgan fingerprint density at radius 1 is 1.28 bits per heavy atom. The summed E-state index contributed by atoms with van der Waals surface area (Å²) in [5.41, 5.74) is 1.11. The maximum Gasteiger partial charge on any atom is 0.191 e. The van der Waals surface area contributed by atoms with Crippen LogP contribution in [0, 0.1) is 0 Å². The van der Waals surface area contributed by atoms with Crippen LogP contribution in [0.25, 0.3) is 0 Å². The van der Waals surface area contributed by atoms with Gasteiger partial charge in [-0.25, -0.2) is 4.98 Å². The number of halogens is 1. The van der Waals surface area contributed by atoms with Gasteiger partial charge in [-0.05, 0) is 12.0 Å². The number of benzene rings is 1. The fourth-order valence-electron chi connectivity index (χ4n) is 2.09. The van der Waals surface area contributed by atoms with E-state index in [4.69, 9.17) is 0 Å². The molecule has 2 N–H and O–H groups in total. The number of aromatic nitrogens is 1. The number of nitrogens with zero attached hydrogens (tertiary/aromatic N) is 2. The number of hydrogen-bond donors (Lipinski definition) is 2. The van der Waals surface area contributed by atoms with Crippen molar-refractivity contribution in [2.75, 3.05) is 19.3 Å². The summed E-state index contributed by atoms with van der Waals surface area (Å²) in [5.74, 6) is 1.89. The lowest BCUT2D eigenvalue weighted by atomic mass is 10.2. The van der Waals surface area contributed by atoms with Gasteiger partial charge in [0.2, 0.25) is 0 Å². The number of guanidine groups is 1. The van der Waals surface area contributed by atoms with E-state index in [1.165, 1.54) is 4.88 Å². The third-order valence-electron chi connectivity index (χ3n) is 3.37. The Balaban J connectivity index is 0.00000312. The van der Waals surface area contributed by atoms with Crippen molar-refractivity contribution in [1.29, 1.82) is 0 Å². The Morgan fingerprint density at radius 2 is 2.04 bits per heavy atom. The Bertz CT molecular complexity index is 676. The van der Waals surface area contributed by atoms with Crippen LogP contribution in [-0.2, 0) is 29.5 Å². The molecule has 0 aliphatic carbocycles. The molecule has 1 heterocycles. The topological polar surface area (TPSA) is 66.4 Å². The van der Waals surface area contributed by atoms with Gasteiger partial charge in [0.05, 0.1) is 6.54 Å². The van der Waals surface area contributed by atoms with E-state index < -0.39 is 10.8 Å². The van der Waals surface area contributed by atoms with E-state index in [9.17, 15) is 4.21 Å². The van der Waals surface area contributed by atoms with E-state index in [0.717, 1.165) is 17.0 Å². The van der Waals surface area contributed by atoms with Crippen molar-refractivity contribution >= 4 is 52.1 Å². The number of aliphatic imine (C=N–C) groups is 1. The van der Waals surface area contributed by atoms with Gasteiger partial charge >= 0.3 is 0 Å². The highest BCUT2D eigenvalue weighted by atomic mass is 127. The molecule has 0 saturated heterocycles. The van der Waals surface area contributed by atoms with Crippen LogP contribution in [0.3, 0.4) is 0 Å². The summed E-state index contributed by atoms with van der Waals surface area (Å²) < 4.78 is 12.1. The van der Waals surface area contributed by atoms with Gasteiger partial charge in [-0.1, -0.05) is 37.3 Å². The fraction of sp³-hybridized carbons (Fsp3) is 0.412. The molecule has 1 atom stereocenters. The van der Waals surface area contributed by atoms with Crippen molar-refractivity contribution < 1.29 is 4.21 Å². The largest absolute Gasteiger partial charge is 0.355 e. The van der Waals surface area contributed by atoms with Crippen LogP contribution >= 0.6 is 35.3 Å². The highest BCUT2D eigenvalue weighted by Crippen LogP contribution is 2.12. The second-order valence-electron chi connectivity index (χ2n) is 5.20. The first-order valence-electron chi connectivity index (χ1n) is 7.98. The lowest BCUT2D eigenvalue weighted by Gasteiger charge is -2.10. The fourth-order valence-corrected chi connectivity index (χ4v) is 3.93. The first-order valence-corrected chi connectivity index (χ1v) is 10.3. The van der Waals surface area contributed by atoms with Crippen LogP contribution in [-0.4, -0.2) is 34.5 Å². The highest BCUT2D eigenvalue weighted by Gasteiger charge is 2.04. The molecule has 0 radical (unpaired) electrons. The Hall–Kier alpha value is -1.000. The number of aryl methyl sites for hydroxylation is 1. The molecule has 0 aliphatic rings. The average molecular weight is 492 g/mol. The Kier molecular flexibility index (Phi) is 10.9. The maximum atomic E-state index is 12.1. The van der Waals surface area contributed by atoms with E-state index in [1.807, 2.05) is 36.5 Å². The van der Waals surface area contributed by atoms with E-state index in [2.05, 4.69) is 27.5 Å². The summed E-state index contributed by atoms with van der Waals surface area (Å²) in [5, 5.41) is 7.48. The van der Waals surface area contributed by atoms with E-state index in [-0.39, 0.29) is 24.0 Å². The molecule has 5 nitrogen and oxygen atoms in total. The standard InChI is InChI=1S/C17H24N4OS2.HI/c1-3-15-11-20-16(23-15)12-21-17(18-2)19-9-10-24(22)13-14-7-5-4-6-8-14;/h4-8,11H,3,9-10,12-13H2,1-2H3,(H2,18,19,21);1H. The third kappa shape index (κ3) is 8.28. The summed E-state index contributed by atoms with van der Waals surface area (Å²) in [4.78, 5) is 9.84. The van der Waals surface area contributed by atoms with E-state index in [1.54, 1.807) is 18.4 Å². The van der Waals surface area contributed by atoms with Gasteiger partial charge in [0.15, 0.2) is 5.96 Å².